The summed E-state index contributed by atoms with van der Waals surface area (Å²) >= 11 is 7.09. The molecule has 0 radical (unpaired) electrons. The highest BCUT2D eigenvalue weighted by atomic mass is 35.5. The smallest absolute Gasteiger partial charge is 0.355 e. The third kappa shape index (κ3) is 7.25. The molecule has 0 bridgehead atoms. The molecule has 3 heterocycles. The normalized spacial score (nSPS) is 14.5. The molecule has 0 amide bonds. The zero-order valence-corrected chi connectivity index (χ0v) is 30.6. The van der Waals surface area contributed by atoms with Gasteiger partial charge in [0.15, 0.2) is 0 Å². The maximum atomic E-state index is 14.3. The number of aryl methyl sites for hydroxylation is 3. The van der Waals surface area contributed by atoms with Crippen LogP contribution in [0.1, 0.15) is 67.5 Å². The Hall–Kier alpha value is -4.34. The van der Waals surface area contributed by atoms with E-state index >= 15 is 0 Å². The van der Waals surface area contributed by atoms with Crippen molar-refractivity contribution in [2.24, 2.45) is 13.0 Å². The Morgan fingerprint density at radius 3 is 2.36 bits per heavy atom. The summed E-state index contributed by atoms with van der Waals surface area (Å²) in [6.07, 6.45) is 2.46. The Morgan fingerprint density at radius 1 is 0.960 bits per heavy atom. The molecule has 5 aromatic rings. The lowest BCUT2D eigenvalue weighted by Crippen LogP contribution is -2.38. The first kappa shape index (κ1) is 35.5. The molecule has 0 unspecified atom stereocenters. The van der Waals surface area contributed by atoms with Crippen molar-refractivity contribution in [1.82, 2.24) is 19.2 Å². The average Bonchev–Trinajstić information content (AvgIpc) is 3.52. The van der Waals surface area contributed by atoms with Crippen LogP contribution in [0.15, 0.2) is 54.6 Å². The van der Waals surface area contributed by atoms with Crippen molar-refractivity contribution in [3.63, 3.8) is 0 Å². The molecule has 50 heavy (non-hydrogen) atoms. The van der Waals surface area contributed by atoms with Crippen LogP contribution in [0.3, 0.4) is 0 Å². The lowest BCUT2D eigenvalue weighted by atomic mass is 9.97. The summed E-state index contributed by atoms with van der Waals surface area (Å²) in [5, 5.41) is 18.0. The van der Waals surface area contributed by atoms with E-state index in [1.165, 1.54) is 0 Å². The van der Waals surface area contributed by atoms with Crippen LogP contribution >= 0.6 is 11.6 Å². The molecule has 0 atom stereocenters. The van der Waals surface area contributed by atoms with Gasteiger partial charge in [-0.1, -0.05) is 54.1 Å². The largest absolute Gasteiger partial charge is 0.493 e. The molecule has 10 heteroatoms. The van der Waals surface area contributed by atoms with Crippen molar-refractivity contribution >= 4 is 45.2 Å². The van der Waals surface area contributed by atoms with Crippen molar-refractivity contribution < 1.29 is 24.2 Å². The summed E-state index contributed by atoms with van der Waals surface area (Å²) < 4.78 is 16.4. The van der Waals surface area contributed by atoms with Crippen molar-refractivity contribution in [1.29, 1.82) is 0 Å². The molecule has 1 saturated heterocycles. The number of likely N-dealkylation sites (tertiary alicyclic amines) is 1. The lowest BCUT2D eigenvalue weighted by Gasteiger charge is -2.30. The first-order chi connectivity index (χ1) is 23.8. The van der Waals surface area contributed by atoms with Crippen molar-refractivity contribution in [3.05, 3.63) is 82.3 Å². The molecule has 6 rings (SSSR count). The molecule has 1 aliphatic rings. The zero-order chi connectivity index (χ0) is 35.7. The maximum absolute atomic E-state index is 14.3. The molecule has 1 N–H and O–H groups in total. The summed E-state index contributed by atoms with van der Waals surface area (Å²) in [5.41, 5.74) is 5.22. The van der Waals surface area contributed by atoms with E-state index in [1.54, 1.807) is 0 Å². The van der Waals surface area contributed by atoms with E-state index < -0.39 is 11.6 Å². The van der Waals surface area contributed by atoms with Crippen LogP contribution in [-0.2, 0) is 29.5 Å². The predicted octanol–water partition coefficient (Wildman–Crippen LogP) is 8.23. The van der Waals surface area contributed by atoms with Crippen molar-refractivity contribution in [3.8, 4) is 16.9 Å². The minimum atomic E-state index is -0.733. The molecule has 2 aromatic heterocycles. The summed E-state index contributed by atoms with van der Waals surface area (Å²) in [7, 11) is 1.92. The molecule has 9 nitrogen and oxygen atoms in total. The van der Waals surface area contributed by atoms with Gasteiger partial charge in [0, 0.05) is 47.7 Å². The Kier molecular flexibility index (Phi) is 10.3. The van der Waals surface area contributed by atoms with Crippen LogP contribution in [-0.4, -0.2) is 68.1 Å². The van der Waals surface area contributed by atoms with Crippen molar-refractivity contribution in [2.75, 3.05) is 26.2 Å². The highest BCUT2D eigenvalue weighted by Gasteiger charge is 2.31. The average molecular weight is 699 g/mol. The molecular weight excluding hydrogens is 652 g/mol. The van der Waals surface area contributed by atoms with Crippen LogP contribution in [0, 0.1) is 19.8 Å². The Morgan fingerprint density at radius 2 is 1.68 bits per heavy atom. The Balaban J connectivity index is 1.43. The number of carbonyl (C=O) groups excluding carboxylic acids is 1. The van der Waals surface area contributed by atoms with Crippen LogP contribution in [0.4, 0.5) is 0 Å². The number of piperidine rings is 1. The molecule has 0 aliphatic carbocycles. The number of carbonyl (C=O) groups is 2. The molecule has 0 spiro atoms. The first-order valence-electron chi connectivity index (χ1n) is 17.5. The number of fused-ring (bicyclic) bond motifs is 2. The molecule has 0 saturated carbocycles. The number of nitrogens with zero attached hydrogens (tertiary/aromatic N) is 4. The Labute approximate surface area is 298 Å². The second-order valence-electron chi connectivity index (χ2n) is 14.4. The Bertz CT molecular complexity index is 2040. The number of carboxylic acid groups (broad SMARTS) is 1. The number of aromatic nitrogens is 3. The minimum absolute atomic E-state index is 0.319. The highest BCUT2D eigenvalue weighted by molar-refractivity contribution is 6.35. The van der Waals surface area contributed by atoms with Gasteiger partial charge in [-0.3, -0.25) is 9.48 Å². The number of halogens is 1. The standard InChI is InChI=1S/C40H47ClN4O5/c1-25-34(26(2)43(6)42-25)35-32(41)17-16-31-30(14-10-24-49-33-15-9-12-27-11-7-8-13-29(27)33)37(39(48)50-40(3,4)5)45(36(31)35)23-22-44-20-18-28(19-21-44)38(46)47/h7-9,11-13,15-17,28H,10,14,18-24H2,1-6H3,(H,46,47). The van der Waals surface area contributed by atoms with Crippen LogP contribution < -0.4 is 4.74 Å². The van der Waals surface area contributed by atoms with Gasteiger partial charge in [-0.05, 0) is 96.5 Å². The molecule has 3 aromatic carbocycles. The third-order valence-electron chi connectivity index (χ3n) is 9.78. The summed E-state index contributed by atoms with van der Waals surface area (Å²) in [4.78, 5) is 28.2. The fourth-order valence-corrected chi connectivity index (χ4v) is 7.55. The van der Waals surface area contributed by atoms with Gasteiger partial charge in [0.1, 0.15) is 17.0 Å². The van der Waals surface area contributed by atoms with Crippen molar-refractivity contribution in [2.45, 2.75) is 72.4 Å². The zero-order valence-electron chi connectivity index (χ0n) is 29.9. The number of hydrogen-bond donors (Lipinski definition) is 1. The second-order valence-corrected chi connectivity index (χ2v) is 14.8. The lowest BCUT2D eigenvalue weighted by molar-refractivity contribution is -0.143. The number of esters is 1. The number of hydrogen-bond acceptors (Lipinski definition) is 6. The highest BCUT2D eigenvalue weighted by Crippen LogP contribution is 2.42. The molecule has 1 aliphatic heterocycles. The molecule has 264 valence electrons. The van der Waals surface area contributed by atoms with Crippen LogP contribution in [0.25, 0.3) is 32.8 Å². The minimum Gasteiger partial charge on any atom is -0.493 e. The van der Waals surface area contributed by atoms with Gasteiger partial charge >= 0.3 is 11.9 Å². The summed E-state index contributed by atoms with van der Waals surface area (Å²) in [6.45, 7) is 12.6. The molecule has 1 fully saturated rings. The van der Waals surface area contributed by atoms with Gasteiger partial charge in [0.05, 0.1) is 28.8 Å². The number of ether oxygens (including phenoxy) is 2. The van der Waals surface area contributed by atoms with Gasteiger partial charge in [-0.15, -0.1) is 0 Å². The van der Waals surface area contributed by atoms with Gasteiger partial charge in [-0.25, -0.2) is 4.79 Å². The predicted molar refractivity (Wildman–Crippen MR) is 198 cm³/mol. The fourth-order valence-electron chi connectivity index (χ4n) is 7.30. The first-order valence-corrected chi connectivity index (χ1v) is 17.8. The van der Waals surface area contributed by atoms with Gasteiger partial charge in [-0.2, -0.15) is 5.10 Å². The van der Waals surface area contributed by atoms with E-state index in [4.69, 9.17) is 26.2 Å². The van der Waals surface area contributed by atoms with E-state index in [1.807, 2.05) is 82.7 Å². The van der Waals surface area contributed by atoms with Crippen LogP contribution in [0.5, 0.6) is 5.75 Å². The van der Waals surface area contributed by atoms with E-state index in [2.05, 4.69) is 27.7 Å². The topological polar surface area (TPSA) is 98.8 Å². The van der Waals surface area contributed by atoms with E-state index in [9.17, 15) is 14.7 Å². The van der Waals surface area contributed by atoms with Gasteiger partial charge < -0.3 is 24.0 Å². The van der Waals surface area contributed by atoms with Gasteiger partial charge in [0.25, 0.3) is 0 Å². The number of carboxylic acids is 1. The fraction of sp³-hybridized carbons (Fsp3) is 0.425. The van der Waals surface area contributed by atoms with Gasteiger partial charge in [0.2, 0.25) is 0 Å². The summed E-state index contributed by atoms with van der Waals surface area (Å²) in [6, 6.07) is 18.2. The third-order valence-corrected chi connectivity index (χ3v) is 10.1. The second kappa shape index (κ2) is 14.5. The maximum Gasteiger partial charge on any atom is 0.355 e. The van der Waals surface area contributed by atoms with Crippen LogP contribution in [0.2, 0.25) is 5.02 Å². The SMILES string of the molecule is Cc1nn(C)c(C)c1-c1c(Cl)ccc2c(CCCOc3cccc4ccccc34)c(C(=O)OC(C)(C)C)n(CCN3CCC(C(=O)O)CC3)c12. The van der Waals surface area contributed by atoms with E-state index in [-0.39, 0.29) is 11.9 Å². The number of rotatable bonds is 11. The van der Waals surface area contributed by atoms with E-state index in [0.717, 1.165) is 55.5 Å². The number of benzene rings is 3. The molecular formula is C40H47ClN4O5. The monoisotopic (exact) mass is 698 g/mol. The number of aliphatic carboxylic acids is 1. The van der Waals surface area contributed by atoms with E-state index in [0.29, 0.717) is 69.2 Å². The quantitative estimate of drug-likeness (QED) is 0.110. The summed E-state index contributed by atoms with van der Waals surface area (Å²) in [5.74, 6) is -0.601.